The molecule has 2 aromatic rings. The molecule has 1 heterocycles. The van der Waals surface area contributed by atoms with Gasteiger partial charge in [-0.3, -0.25) is 4.79 Å². The molecular weight excluding hydrogens is 293 g/mol. The highest BCUT2D eigenvalue weighted by atomic mass is 32.2. The summed E-state index contributed by atoms with van der Waals surface area (Å²) in [4.78, 5) is 14.4. The summed E-state index contributed by atoms with van der Waals surface area (Å²) in [5, 5.41) is 13.7. The number of likely N-dealkylation sites (N-methyl/N-ethyl adjacent to an activating group) is 1. The molecule has 1 N–H and O–H groups in total. The fourth-order valence-corrected chi connectivity index (χ4v) is 2.47. The normalized spacial score (nSPS) is 12.2. The number of rotatable bonds is 5. The third-order valence-electron chi connectivity index (χ3n) is 3.09. The van der Waals surface area contributed by atoms with Crippen molar-refractivity contribution < 1.29 is 9.18 Å². The Balaban J connectivity index is 2.08. The van der Waals surface area contributed by atoms with E-state index in [-0.39, 0.29) is 17.6 Å². The summed E-state index contributed by atoms with van der Waals surface area (Å²) in [6.45, 7) is 2.36. The second-order valence-electron chi connectivity index (χ2n) is 4.71. The van der Waals surface area contributed by atoms with E-state index in [1.54, 1.807) is 24.3 Å². The molecule has 1 amide bonds. The van der Waals surface area contributed by atoms with Crippen LogP contribution in [-0.2, 0) is 0 Å². The molecular formula is C13H16FN5OS. The first-order valence-corrected chi connectivity index (χ1v) is 7.57. The summed E-state index contributed by atoms with van der Waals surface area (Å²) in [6, 6.07) is 4.38. The lowest BCUT2D eigenvalue weighted by Crippen LogP contribution is -2.30. The molecule has 0 aliphatic heterocycles. The van der Waals surface area contributed by atoms with Crippen LogP contribution in [0.15, 0.2) is 23.1 Å². The van der Waals surface area contributed by atoms with E-state index in [1.807, 2.05) is 6.92 Å². The maximum Gasteiger partial charge on any atom is 0.253 e. The van der Waals surface area contributed by atoms with Gasteiger partial charge in [-0.25, -0.2) is 4.39 Å². The maximum atomic E-state index is 13.5. The van der Waals surface area contributed by atoms with Gasteiger partial charge in [-0.2, -0.15) is 5.21 Å². The first kappa shape index (κ1) is 15.4. The van der Waals surface area contributed by atoms with Crippen LogP contribution in [0.1, 0.15) is 29.0 Å². The highest BCUT2D eigenvalue weighted by Gasteiger charge is 2.18. The SMILES string of the molecule is CSc1cc(C(=O)N(C)C[C@H](C)c2nn[nH]n2)ccc1F. The van der Waals surface area contributed by atoms with E-state index in [4.69, 9.17) is 0 Å². The summed E-state index contributed by atoms with van der Waals surface area (Å²) < 4.78 is 13.5. The molecule has 2 rings (SSSR count). The van der Waals surface area contributed by atoms with E-state index < -0.39 is 0 Å². The van der Waals surface area contributed by atoms with Gasteiger partial charge in [0.15, 0.2) is 5.82 Å². The zero-order valence-electron chi connectivity index (χ0n) is 12.0. The van der Waals surface area contributed by atoms with Crippen molar-refractivity contribution in [3.63, 3.8) is 0 Å². The van der Waals surface area contributed by atoms with Gasteiger partial charge in [-0.05, 0) is 24.5 Å². The van der Waals surface area contributed by atoms with Crippen LogP contribution in [-0.4, -0.2) is 51.3 Å². The Hall–Kier alpha value is -1.96. The molecule has 1 atom stereocenters. The summed E-state index contributed by atoms with van der Waals surface area (Å²) in [5.41, 5.74) is 0.462. The first-order valence-electron chi connectivity index (χ1n) is 6.35. The largest absolute Gasteiger partial charge is 0.341 e. The van der Waals surface area contributed by atoms with Gasteiger partial charge < -0.3 is 4.90 Å². The molecule has 0 saturated heterocycles. The number of aromatic nitrogens is 4. The van der Waals surface area contributed by atoms with Crippen LogP contribution >= 0.6 is 11.8 Å². The molecule has 0 saturated carbocycles. The Bertz CT molecular complexity index is 619. The van der Waals surface area contributed by atoms with Gasteiger partial charge >= 0.3 is 0 Å². The van der Waals surface area contributed by atoms with Gasteiger partial charge in [0.25, 0.3) is 5.91 Å². The molecule has 0 spiro atoms. The number of halogens is 1. The number of amides is 1. The molecule has 0 aliphatic carbocycles. The van der Waals surface area contributed by atoms with Gasteiger partial charge in [0, 0.05) is 30.0 Å². The molecule has 6 nitrogen and oxygen atoms in total. The van der Waals surface area contributed by atoms with Crippen LogP contribution in [0.25, 0.3) is 0 Å². The lowest BCUT2D eigenvalue weighted by molar-refractivity contribution is 0.0787. The lowest BCUT2D eigenvalue weighted by atomic mass is 10.1. The van der Waals surface area contributed by atoms with Crippen molar-refractivity contribution in [3.05, 3.63) is 35.4 Å². The van der Waals surface area contributed by atoms with E-state index in [0.29, 0.717) is 22.8 Å². The fraction of sp³-hybridized carbons (Fsp3) is 0.385. The number of carbonyl (C=O) groups excluding carboxylic acids is 1. The van der Waals surface area contributed by atoms with Crippen molar-refractivity contribution >= 4 is 17.7 Å². The lowest BCUT2D eigenvalue weighted by Gasteiger charge is -2.20. The number of H-pyrrole nitrogens is 1. The van der Waals surface area contributed by atoms with Crippen molar-refractivity contribution in [1.82, 2.24) is 25.5 Å². The van der Waals surface area contributed by atoms with Crippen molar-refractivity contribution in [1.29, 1.82) is 0 Å². The molecule has 0 bridgehead atoms. The van der Waals surface area contributed by atoms with Crippen molar-refractivity contribution in [3.8, 4) is 0 Å². The van der Waals surface area contributed by atoms with Crippen LogP contribution in [0.4, 0.5) is 4.39 Å². The Kier molecular flexibility index (Phi) is 4.89. The first-order chi connectivity index (χ1) is 10.0. The van der Waals surface area contributed by atoms with Crippen LogP contribution in [0.2, 0.25) is 0 Å². The van der Waals surface area contributed by atoms with Gasteiger partial charge in [0.1, 0.15) is 5.82 Å². The molecule has 21 heavy (non-hydrogen) atoms. The van der Waals surface area contributed by atoms with E-state index in [0.717, 1.165) is 0 Å². The second-order valence-corrected chi connectivity index (χ2v) is 5.55. The number of aromatic amines is 1. The minimum absolute atomic E-state index is 0.0434. The predicted octanol–water partition coefficient (Wildman–Crippen LogP) is 1.94. The number of nitrogens with one attached hydrogen (secondary N) is 1. The summed E-state index contributed by atoms with van der Waals surface area (Å²) in [6.07, 6.45) is 1.77. The fourth-order valence-electron chi connectivity index (χ4n) is 1.97. The average Bonchev–Trinajstić information content (AvgIpc) is 3.01. The topological polar surface area (TPSA) is 74.8 Å². The predicted molar refractivity (Wildman–Crippen MR) is 77.7 cm³/mol. The van der Waals surface area contributed by atoms with E-state index >= 15 is 0 Å². The minimum atomic E-state index is -0.318. The molecule has 1 aromatic carbocycles. The highest BCUT2D eigenvalue weighted by Crippen LogP contribution is 2.21. The van der Waals surface area contributed by atoms with Gasteiger partial charge in [0.2, 0.25) is 0 Å². The number of hydrogen-bond donors (Lipinski definition) is 1. The smallest absolute Gasteiger partial charge is 0.253 e. The van der Waals surface area contributed by atoms with Crippen molar-refractivity contribution in [2.45, 2.75) is 17.7 Å². The Morgan fingerprint density at radius 2 is 2.29 bits per heavy atom. The average molecular weight is 309 g/mol. The summed E-state index contributed by atoms with van der Waals surface area (Å²) in [5.74, 6) is 0.0271. The van der Waals surface area contributed by atoms with Crippen LogP contribution in [0, 0.1) is 5.82 Å². The number of hydrogen-bond acceptors (Lipinski definition) is 5. The van der Waals surface area contributed by atoms with Gasteiger partial charge in [0.05, 0.1) is 0 Å². The van der Waals surface area contributed by atoms with E-state index in [9.17, 15) is 9.18 Å². The minimum Gasteiger partial charge on any atom is -0.341 e. The molecule has 1 aromatic heterocycles. The Morgan fingerprint density at radius 1 is 1.52 bits per heavy atom. The number of carbonyl (C=O) groups is 1. The van der Waals surface area contributed by atoms with Crippen molar-refractivity contribution in [2.24, 2.45) is 0 Å². The van der Waals surface area contributed by atoms with Crippen molar-refractivity contribution in [2.75, 3.05) is 19.8 Å². The standard InChI is InChI=1S/C13H16FN5OS/c1-8(12-15-17-18-16-12)7-19(2)13(20)9-4-5-10(14)11(6-9)21-3/h4-6,8H,7H2,1-3H3,(H,15,16,17,18)/t8-/m0/s1. The number of thioether (sulfide) groups is 1. The zero-order valence-corrected chi connectivity index (χ0v) is 12.8. The third kappa shape index (κ3) is 3.57. The van der Waals surface area contributed by atoms with Gasteiger partial charge in [-0.1, -0.05) is 12.1 Å². The van der Waals surface area contributed by atoms with Crippen LogP contribution in [0.5, 0.6) is 0 Å². The molecule has 0 fully saturated rings. The molecule has 8 heteroatoms. The Labute approximate surface area is 126 Å². The number of nitrogens with zero attached hydrogens (tertiary/aromatic N) is 4. The van der Waals surface area contributed by atoms with Crippen LogP contribution in [0.3, 0.4) is 0 Å². The molecule has 0 aliphatic rings. The number of tetrazole rings is 1. The zero-order chi connectivity index (χ0) is 15.4. The molecule has 112 valence electrons. The highest BCUT2D eigenvalue weighted by molar-refractivity contribution is 7.98. The monoisotopic (exact) mass is 309 g/mol. The summed E-state index contributed by atoms with van der Waals surface area (Å²) in [7, 11) is 1.70. The summed E-state index contributed by atoms with van der Waals surface area (Å²) >= 11 is 1.27. The Morgan fingerprint density at radius 3 is 2.90 bits per heavy atom. The van der Waals surface area contributed by atoms with E-state index in [2.05, 4.69) is 20.6 Å². The van der Waals surface area contributed by atoms with Gasteiger partial charge in [-0.15, -0.1) is 22.0 Å². The van der Waals surface area contributed by atoms with E-state index in [1.165, 1.54) is 23.9 Å². The molecule has 0 unspecified atom stereocenters. The number of benzene rings is 1. The second kappa shape index (κ2) is 6.66. The third-order valence-corrected chi connectivity index (χ3v) is 3.85. The quantitative estimate of drug-likeness (QED) is 0.854. The maximum absolute atomic E-state index is 13.5. The molecule has 0 radical (unpaired) electrons. The van der Waals surface area contributed by atoms with Crippen LogP contribution < -0.4 is 0 Å².